The predicted molar refractivity (Wildman–Crippen MR) is 108 cm³/mol. The van der Waals surface area contributed by atoms with E-state index in [-0.39, 0.29) is 5.91 Å². The van der Waals surface area contributed by atoms with Gasteiger partial charge in [-0.15, -0.1) is 0 Å². The summed E-state index contributed by atoms with van der Waals surface area (Å²) in [5.41, 5.74) is 1.15. The summed E-state index contributed by atoms with van der Waals surface area (Å²) in [6.45, 7) is 1.59. The number of hydrogen-bond acceptors (Lipinski definition) is 2. The van der Waals surface area contributed by atoms with Crippen molar-refractivity contribution in [2.24, 2.45) is 5.92 Å². The van der Waals surface area contributed by atoms with Crippen LogP contribution in [0.2, 0.25) is 0 Å². The number of piperidine rings is 1. The molecule has 2 amide bonds. The fourth-order valence-electron chi connectivity index (χ4n) is 4.77. The second-order valence-corrected chi connectivity index (χ2v) is 8.28. The molecule has 4 heteroatoms. The van der Waals surface area contributed by atoms with Crippen molar-refractivity contribution in [2.75, 3.05) is 13.6 Å². The standard InChI is InChI=1S/C23H34N2O2/c1-24(18-19-10-3-2-4-11-19)22(26)15-7-8-16-23(27)25-17-9-13-20-12-5-6-14-21(20)25/h2-4,10-11,20-21H,5-9,12-18H2,1H3. The maximum absolute atomic E-state index is 12.7. The zero-order valence-electron chi connectivity index (χ0n) is 16.7. The lowest BCUT2D eigenvalue weighted by molar-refractivity contribution is -0.138. The number of benzene rings is 1. The van der Waals surface area contributed by atoms with Gasteiger partial charge in [0.2, 0.25) is 11.8 Å². The van der Waals surface area contributed by atoms with Crippen molar-refractivity contribution in [1.82, 2.24) is 9.80 Å². The van der Waals surface area contributed by atoms with Gasteiger partial charge in [0.1, 0.15) is 0 Å². The lowest BCUT2D eigenvalue weighted by Crippen LogP contribution is -2.49. The van der Waals surface area contributed by atoms with E-state index < -0.39 is 0 Å². The molecular formula is C23H34N2O2. The summed E-state index contributed by atoms with van der Waals surface area (Å²) in [4.78, 5) is 29.0. The molecule has 0 spiro atoms. The third kappa shape index (κ3) is 5.57. The quantitative estimate of drug-likeness (QED) is 0.668. The van der Waals surface area contributed by atoms with Crippen molar-refractivity contribution < 1.29 is 9.59 Å². The summed E-state index contributed by atoms with van der Waals surface area (Å²) in [6, 6.07) is 10.6. The second-order valence-electron chi connectivity index (χ2n) is 8.28. The number of fused-ring (bicyclic) bond motifs is 1. The predicted octanol–water partition coefficient (Wildman–Crippen LogP) is 4.39. The van der Waals surface area contributed by atoms with E-state index in [1.165, 1.54) is 32.1 Å². The lowest BCUT2D eigenvalue weighted by Gasteiger charge is -2.44. The van der Waals surface area contributed by atoms with Crippen LogP contribution in [0.3, 0.4) is 0 Å². The van der Waals surface area contributed by atoms with Crippen molar-refractivity contribution in [3.05, 3.63) is 35.9 Å². The molecule has 0 aromatic heterocycles. The molecule has 1 aliphatic heterocycles. The van der Waals surface area contributed by atoms with E-state index in [2.05, 4.69) is 4.90 Å². The maximum Gasteiger partial charge on any atom is 0.222 e. The average Bonchev–Trinajstić information content (AvgIpc) is 2.71. The number of nitrogens with zero attached hydrogens (tertiary/aromatic N) is 2. The summed E-state index contributed by atoms with van der Waals surface area (Å²) in [7, 11) is 1.86. The molecule has 2 unspecified atom stereocenters. The first-order valence-electron chi connectivity index (χ1n) is 10.7. The minimum Gasteiger partial charge on any atom is -0.341 e. The van der Waals surface area contributed by atoms with Crippen LogP contribution in [0.15, 0.2) is 30.3 Å². The van der Waals surface area contributed by atoms with Crippen LogP contribution in [-0.2, 0) is 16.1 Å². The van der Waals surface area contributed by atoms with Gasteiger partial charge in [0.15, 0.2) is 0 Å². The smallest absolute Gasteiger partial charge is 0.222 e. The molecule has 2 aliphatic rings. The minimum atomic E-state index is 0.164. The molecule has 3 rings (SSSR count). The molecule has 2 fully saturated rings. The Labute approximate surface area is 163 Å². The molecule has 0 N–H and O–H groups in total. The third-order valence-corrected chi connectivity index (χ3v) is 6.28. The Balaban J connectivity index is 1.36. The van der Waals surface area contributed by atoms with Gasteiger partial charge in [-0.3, -0.25) is 9.59 Å². The van der Waals surface area contributed by atoms with Crippen molar-refractivity contribution >= 4 is 11.8 Å². The van der Waals surface area contributed by atoms with Gasteiger partial charge in [-0.05, 0) is 50.0 Å². The normalized spacial score (nSPS) is 22.2. The molecule has 4 nitrogen and oxygen atoms in total. The van der Waals surface area contributed by atoms with E-state index in [1.54, 1.807) is 4.90 Å². The molecule has 0 bridgehead atoms. The van der Waals surface area contributed by atoms with Crippen LogP contribution in [-0.4, -0.2) is 41.2 Å². The summed E-state index contributed by atoms with van der Waals surface area (Å²) in [5, 5.41) is 0. The summed E-state index contributed by atoms with van der Waals surface area (Å²) >= 11 is 0. The van der Waals surface area contributed by atoms with E-state index in [9.17, 15) is 9.59 Å². The molecule has 1 heterocycles. The molecule has 148 valence electrons. The molecule has 1 aromatic rings. The first kappa shape index (κ1) is 19.9. The van der Waals surface area contributed by atoms with Gasteiger partial charge in [-0.2, -0.15) is 0 Å². The van der Waals surface area contributed by atoms with Crippen LogP contribution in [0.1, 0.15) is 69.8 Å². The summed E-state index contributed by atoms with van der Waals surface area (Å²) in [5.74, 6) is 1.22. The van der Waals surface area contributed by atoms with E-state index >= 15 is 0 Å². The van der Waals surface area contributed by atoms with Gasteiger partial charge in [0.25, 0.3) is 0 Å². The first-order valence-corrected chi connectivity index (χ1v) is 10.7. The van der Waals surface area contributed by atoms with Gasteiger partial charge in [0.05, 0.1) is 0 Å². The van der Waals surface area contributed by atoms with Crippen LogP contribution in [0.25, 0.3) is 0 Å². The highest BCUT2D eigenvalue weighted by molar-refractivity contribution is 5.77. The Morgan fingerprint density at radius 2 is 1.70 bits per heavy atom. The largest absolute Gasteiger partial charge is 0.341 e. The van der Waals surface area contributed by atoms with Gasteiger partial charge in [-0.1, -0.05) is 43.2 Å². The fraction of sp³-hybridized carbons (Fsp3) is 0.652. The number of carbonyl (C=O) groups excluding carboxylic acids is 2. The van der Waals surface area contributed by atoms with Gasteiger partial charge >= 0.3 is 0 Å². The van der Waals surface area contributed by atoms with Gasteiger partial charge in [-0.25, -0.2) is 0 Å². The number of hydrogen-bond donors (Lipinski definition) is 0. The average molecular weight is 371 g/mol. The van der Waals surface area contributed by atoms with Crippen LogP contribution < -0.4 is 0 Å². The topological polar surface area (TPSA) is 40.6 Å². The Morgan fingerprint density at radius 3 is 2.52 bits per heavy atom. The van der Waals surface area contributed by atoms with Gasteiger partial charge in [0, 0.05) is 39.0 Å². The minimum absolute atomic E-state index is 0.164. The number of amides is 2. The molecular weight excluding hydrogens is 336 g/mol. The molecule has 1 saturated heterocycles. The molecule has 2 atom stereocenters. The Kier molecular flexibility index (Phi) is 7.31. The fourth-order valence-corrected chi connectivity index (χ4v) is 4.77. The number of unbranched alkanes of at least 4 members (excludes halogenated alkanes) is 1. The maximum atomic E-state index is 12.7. The van der Waals surface area contributed by atoms with Crippen LogP contribution in [0.5, 0.6) is 0 Å². The third-order valence-electron chi connectivity index (χ3n) is 6.28. The molecule has 27 heavy (non-hydrogen) atoms. The highest BCUT2D eigenvalue weighted by atomic mass is 16.2. The van der Waals surface area contributed by atoms with Crippen molar-refractivity contribution in [2.45, 2.75) is 76.8 Å². The van der Waals surface area contributed by atoms with Crippen LogP contribution in [0.4, 0.5) is 0 Å². The van der Waals surface area contributed by atoms with E-state index in [1.807, 2.05) is 37.4 Å². The monoisotopic (exact) mass is 370 g/mol. The highest BCUT2D eigenvalue weighted by Gasteiger charge is 2.35. The molecule has 1 aromatic carbocycles. The van der Waals surface area contributed by atoms with Gasteiger partial charge < -0.3 is 9.80 Å². The van der Waals surface area contributed by atoms with E-state index in [4.69, 9.17) is 0 Å². The Bertz CT molecular complexity index is 614. The Hall–Kier alpha value is -1.84. The lowest BCUT2D eigenvalue weighted by atomic mass is 9.78. The summed E-state index contributed by atoms with van der Waals surface area (Å²) in [6.07, 6.45) is 10.3. The van der Waals surface area contributed by atoms with Crippen molar-refractivity contribution in [1.29, 1.82) is 0 Å². The van der Waals surface area contributed by atoms with Crippen LogP contribution in [0, 0.1) is 5.92 Å². The first-order chi connectivity index (χ1) is 13.1. The van der Waals surface area contributed by atoms with Crippen molar-refractivity contribution in [3.8, 4) is 0 Å². The second kappa shape index (κ2) is 9.91. The summed E-state index contributed by atoms with van der Waals surface area (Å²) < 4.78 is 0. The van der Waals surface area contributed by atoms with Crippen molar-refractivity contribution in [3.63, 3.8) is 0 Å². The molecule has 1 saturated carbocycles. The van der Waals surface area contributed by atoms with Crippen LogP contribution >= 0.6 is 0 Å². The highest BCUT2D eigenvalue weighted by Crippen LogP contribution is 2.35. The zero-order valence-corrected chi connectivity index (χ0v) is 16.7. The Morgan fingerprint density at radius 1 is 1.00 bits per heavy atom. The van der Waals surface area contributed by atoms with E-state index in [0.29, 0.717) is 31.3 Å². The number of rotatable bonds is 7. The number of likely N-dealkylation sites (tertiary alicyclic amines) is 1. The zero-order chi connectivity index (χ0) is 19.1. The van der Waals surface area contributed by atoms with E-state index in [0.717, 1.165) is 37.3 Å². The SMILES string of the molecule is CN(Cc1ccccc1)C(=O)CCCCC(=O)N1CCCC2CCCCC21. The number of carbonyl (C=O) groups is 2. The molecule has 0 radical (unpaired) electrons. The molecule has 1 aliphatic carbocycles.